The van der Waals surface area contributed by atoms with Crippen LogP contribution in [0.25, 0.3) is 0 Å². The molecule has 0 radical (unpaired) electrons. The topological polar surface area (TPSA) is 152 Å². The van der Waals surface area contributed by atoms with E-state index in [1.54, 1.807) is 36.5 Å². The number of carbonyl (C=O) groups excluding carboxylic acids is 2. The van der Waals surface area contributed by atoms with E-state index in [1.807, 2.05) is 64.5 Å². The van der Waals surface area contributed by atoms with Crippen LogP contribution in [0.2, 0.25) is 0 Å². The highest BCUT2D eigenvalue weighted by atomic mass is 31.2. The van der Waals surface area contributed by atoms with Crippen molar-refractivity contribution in [2.24, 2.45) is 0 Å². The van der Waals surface area contributed by atoms with Crippen molar-refractivity contribution in [3.8, 4) is 0 Å². The number of aliphatic hydroxyl groups excluding tert-OH is 2. The molecule has 0 aromatic carbocycles. The standard InChI is InChI=1S/C48H80NO10P/c1-6-8-10-11-12-13-14-15-16-17-18-19-20-24-32-38-47(52)56-42-46(43-58-60(54,55)57-41-40-49(3,4)5)59-48(53)39-33-25-22-21-23-29-35-45(51)37-31-27-26-30-36-44(50)34-28-9-7-2/h9,12-13,15-16,22-23,25-31,36-37,44-46,50-51H,6-8,10-11,14,17-21,24,32-35,38-43H2,1-5H3/b13-12-,16-15-,25-22-,27-26-,28-9-,29-23-,36-30+,37-31+/t44-,45+,46+/m0/s1. The van der Waals surface area contributed by atoms with Gasteiger partial charge >= 0.3 is 11.9 Å². The van der Waals surface area contributed by atoms with E-state index >= 15 is 0 Å². The van der Waals surface area contributed by atoms with Crippen molar-refractivity contribution in [2.45, 2.75) is 148 Å². The van der Waals surface area contributed by atoms with E-state index in [4.69, 9.17) is 18.5 Å². The molecule has 11 nitrogen and oxygen atoms in total. The first-order chi connectivity index (χ1) is 28.8. The van der Waals surface area contributed by atoms with Crippen LogP contribution in [-0.4, -0.2) is 92.5 Å². The minimum Gasteiger partial charge on any atom is -0.756 e. The Kier molecular flexibility index (Phi) is 36.7. The normalized spacial score (nSPS) is 15.5. The lowest BCUT2D eigenvalue weighted by Crippen LogP contribution is -2.37. The molecule has 0 aromatic heterocycles. The summed E-state index contributed by atoms with van der Waals surface area (Å²) in [6.07, 6.45) is 43.7. The SMILES string of the molecule is CC/C=C\C[C@H](O)/C=C/C=C\C=C\[C@H](O)C/C=C\C/C=C\CCC(=O)O[C@H](COC(=O)CCCCCCC/C=C\C/C=C\CCCCC)COP(=O)([O-])OCC[N+](C)(C)C. The maximum atomic E-state index is 12.7. The smallest absolute Gasteiger partial charge is 0.306 e. The molecule has 0 rings (SSSR count). The molecule has 0 spiro atoms. The van der Waals surface area contributed by atoms with Crippen LogP contribution in [0.1, 0.15) is 129 Å². The van der Waals surface area contributed by atoms with Crippen LogP contribution >= 0.6 is 7.82 Å². The molecule has 0 bridgehead atoms. The van der Waals surface area contributed by atoms with E-state index in [1.165, 1.54) is 19.3 Å². The van der Waals surface area contributed by atoms with Crippen LogP contribution < -0.4 is 4.89 Å². The predicted molar refractivity (Wildman–Crippen MR) is 243 cm³/mol. The van der Waals surface area contributed by atoms with Crippen molar-refractivity contribution >= 4 is 19.8 Å². The van der Waals surface area contributed by atoms with Gasteiger partial charge in [0.15, 0.2) is 6.10 Å². The molecule has 12 heteroatoms. The molecule has 0 aliphatic carbocycles. The van der Waals surface area contributed by atoms with Gasteiger partial charge in [0.05, 0.1) is 40.0 Å². The summed E-state index contributed by atoms with van der Waals surface area (Å²) >= 11 is 0. The maximum Gasteiger partial charge on any atom is 0.306 e. The molecule has 60 heavy (non-hydrogen) atoms. The Hall–Kier alpha value is -3.15. The molecule has 0 aliphatic rings. The zero-order valence-electron chi connectivity index (χ0n) is 37.6. The summed E-state index contributed by atoms with van der Waals surface area (Å²) in [4.78, 5) is 37.5. The Morgan fingerprint density at radius 1 is 0.633 bits per heavy atom. The quantitative estimate of drug-likeness (QED) is 0.0153. The summed E-state index contributed by atoms with van der Waals surface area (Å²) in [6.45, 7) is 3.75. The summed E-state index contributed by atoms with van der Waals surface area (Å²) in [7, 11) is 1.02. The third-order valence-corrected chi connectivity index (χ3v) is 9.73. The van der Waals surface area contributed by atoms with Gasteiger partial charge in [-0.15, -0.1) is 0 Å². The largest absolute Gasteiger partial charge is 0.756 e. The van der Waals surface area contributed by atoms with E-state index in [-0.39, 0.29) is 26.1 Å². The van der Waals surface area contributed by atoms with E-state index in [0.717, 1.165) is 51.4 Å². The molecule has 0 amide bonds. The third-order valence-electron chi connectivity index (χ3n) is 8.77. The van der Waals surface area contributed by atoms with Crippen molar-refractivity contribution in [3.05, 3.63) is 97.2 Å². The van der Waals surface area contributed by atoms with Gasteiger partial charge in [-0.25, -0.2) is 0 Å². The minimum absolute atomic E-state index is 0.0345. The first kappa shape index (κ1) is 56.9. The Bertz CT molecular complexity index is 1380. The number of carbonyl (C=O) groups is 2. The molecule has 0 saturated carbocycles. The number of esters is 2. The van der Waals surface area contributed by atoms with Crippen molar-refractivity contribution in [1.82, 2.24) is 0 Å². The molecule has 2 N–H and O–H groups in total. The van der Waals surface area contributed by atoms with Gasteiger partial charge in [0, 0.05) is 12.8 Å². The fraction of sp³-hybridized carbons (Fsp3) is 0.625. The van der Waals surface area contributed by atoms with Crippen LogP contribution in [0.3, 0.4) is 0 Å². The van der Waals surface area contributed by atoms with Crippen molar-refractivity contribution in [3.63, 3.8) is 0 Å². The number of hydrogen-bond acceptors (Lipinski definition) is 10. The lowest BCUT2D eigenvalue weighted by molar-refractivity contribution is -0.870. The number of allylic oxidation sites excluding steroid dienone is 12. The second kappa shape index (κ2) is 38.7. The average molecular weight is 862 g/mol. The van der Waals surface area contributed by atoms with Crippen LogP contribution in [0.4, 0.5) is 0 Å². The van der Waals surface area contributed by atoms with Gasteiger partial charge < -0.3 is 38.1 Å². The molecule has 0 aromatic rings. The monoisotopic (exact) mass is 862 g/mol. The summed E-state index contributed by atoms with van der Waals surface area (Å²) < 4.78 is 33.7. The molecule has 0 heterocycles. The number of nitrogens with zero attached hydrogens (tertiary/aromatic N) is 1. The number of phosphoric ester groups is 1. The van der Waals surface area contributed by atoms with Gasteiger partial charge in [0.25, 0.3) is 7.82 Å². The number of hydrogen-bond donors (Lipinski definition) is 2. The zero-order chi connectivity index (χ0) is 44.6. The zero-order valence-corrected chi connectivity index (χ0v) is 38.5. The Labute approximate surface area is 363 Å². The van der Waals surface area contributed by atoms with Crippen molar-refractivity contribution in [2.75, 3.05) is 47.5 Å². The number of ether oxygens (including phenoxy) is 2. The van der Waals surface area contributed by atoms with Crippen molar-refractivity contribution in [1.29, 1.82) is 0 Å². The third kappa shape index (κ3) is 41.6. The summed E-state index contributed by atoms with van der Waals surface area (Å²) in [5, 5.41) is 20.0. The van der Waals surface area contributed by atoms with Gasteiger partial charge in [0.1, 0.15) is 19.8 Å². The summed E-state index contributed by atoms with van der Waals surface area (Å²) in [5.74, 6) is -1.03. The Morgan fingerprint density at radius 2 is 1.18 bits per heavy atom. The number of phosphoric acid groups is 1. The van der Waals surface area contributed by atoms with Gasteiger partial charge in [-0.3, -0.25) is 14.2 Å². The number of aliphatic hydroxyl groups is 2. The lowest BCUT2D eigenvalue weighted by atomic mass is 10.1. The molecule has 0 aliphatic heterocycles. The number of unbranched alkanes of at least 4 members (excludes halogenated alkanes) is 8. The van der Waals surface area contributed by atoms with Crippen molar-refractivity contribution < 1.29 is 52.3 Å². The van der Waals surface area contributed by atoms with Gasteiger partial charge in [-0.2, -0.15) is 0 Å². The molecular weight excluding hydrogens is 781 g/mol. The summed E-state index contributed by atoms with van der Waals surface area (Å²) in [5.41, 5.74) is 0. The second-order valence-electron chi connectivity index (χ2n) is 15.7. The number of quaternary nitrogens is 1. The Morgan fingerprint density at radius 3 is 1.78 bits per heavy atom. The highest BCUT2D eigenvalue weighted by molar-refractivity contribution is 7.45. The van der Waals surface area contributed by atoms with Gasteiger partial charge in [-0.05, 0) is 70.6 Å². The molecule has 4 atom stereocenters. The molecule has 0 saturated heterocycles. The van der Waals surface area contributed by atoms with E-state index in [9.17, 15) is 29.3 Å². The first-order valence-corrected chi connectivity index (χ1v) is 23.6. The fourth-order valence-corrected chi connectivity index (χ4v) is 5.96. The predicted octanol–water partition coefficient (Wildman–Crippen LogP) is 9.88. The highest BCUT2D eigenvalue weighted by Crippen LogP contribution is 2.38. The van der Waals surface area contributed by atoms with Gasteiger partial charge in [0.2, 0.25) is 0 Å². The van der Waals surface area contributed by atoms with Crippen LogP contribution in [0.15, 0.2) is 97.2 Å². The minimum atomic E-state index is -4.68. The molecule has 342 valence electrons. The first-order valence-electron chi connectivity index (χ1n) is 22.2. The van der Waals surface area contributed by atoms with Crippen LogP contribution in [-0.2, 0) is 32.7 Å². The van der Waals surface area contributed by atoms with Gasteiger partial charge in [-0.1, -0.05) is 143 Å². The Balaban J connectivity index is 4.65. The molecule has 1 unspecified atom stereocenters. The van der Waals surface area contributed by atoms with E-state index in [2.05, 4.69) is 31.2 Å². The molecular formula is C48H80NO10P. The van der Waals surface area contributed by atoms with Crippen LogP contribution in [0, 0.1) is 0 Å². The lowest BCUT2D eigenvalue weighted by Gasteiger charge is -2.28. The maximum absolute atomic E-state index is 12.7. The molecule has 0 fully saturated rings. The van der Waals surface area contributed by atoms with Crippen LogP contribution in [0.5, 0.6) is 0 Å². The number of rotatable bonds is 38. The highest BCUT2D eigenvalue weighted by Gasteiger charge is 2.21. The second-order valence-corrected chi connectivity index (χ2v) is 17.1. The average Bonchev–Trinajstić information content (AvgIpc) is 3.19. The fourth-order valence-electron chi connectivity index (χ4n) is 5.24. The van der Waals surface area contributed by atoms with E-state index in [0.29, 0.717) is 43.1 Å². The summed E-state index contributed by atoms with van der Waals surface area (Å²) in [6, 6.07) is 0. The number of likely N-dealkylation sites (N-methyl/N-ethyl adjacent to an activating group) is 1. The van der Waals surface area contributed by atoms with E-state index < -0.39 is 44.7 Å².